The summed E-state index contributed by atoms with van der Waals surface area (Å²) in [5, 5.41) is 1.05. The first-order chi connectivity index (χ1) is 5.48. The molecular weight excluding hydrogens is 216 g/mol. The lowest BCUT2D eigenvalue weighted by Gasteiger charge is -2.15. The van der Waals surface area contributed by atoms with Gasteiger partial charge in [0, 0.05) is 17.2 Å². The number of hydrogen-bond acceptors (Lipinski definition) is 1. The summed E-state index contributed by atoms with van der Waals surface area (Å²) < 4.78 is 0. The van der Waals surface area contributed by atoms with Crippen LogP contribution in [0.3, 0.4) is 0 Å². The van der Waals surface area contributed by atoms with E-state index >= 15 is 0 Å². The lowest BCUT2D eigenvalue weighted by atomic mass is 9.88. The van der Waals surface area contributed by atoms with E-state index in [1.807, 2.05) is 20.8 Å². The van der Waals surface area contributed by atoms with E-state index in [1.165, 1.54) is 6.42 Å². The molecule has 0 atom stereocenters. The van der Waals surface area contributed by atoms with Crippen molar-refractivity contribution >= 4 is 21.7 Å². The van der Waals surface area contributed by atoms with E-state index in [4.69, 9.17) is 0 Å². The summed E-state index contributed by atoms with van der Waals surface area (Å²) in [5.74, 6) is 0.386. The zero-order valence-electron chi connectivity index (χ0n) is 8.32. The molecule has 12 heavy (non-hydrogen) atoms. The third-order valence-electron chi connectivity index (χ3n) is 1.87. The number of carbonyl (C=O) groups excluding carboxylic acids is 1. The molecule has 0 bridgehead atoms. The Morgan fingerprint density at radius 1 is 1.17 bits per heavy atom. The number of halogens is 1. The van der Waals surface area contributed by atoms with Crippen molar-refractivity contribution in [2.75, 3.05) is 5.33 Å². The van der Waals surface area contributed by atoms with Gasteiger partial charge in [0.05, 0.1) is 0 Å². The fraction of sp³-hybridized carbons (Fsp3) is 0.900. The van der Waals surface area contributed by atoms with Crippen LogP contribution in [0.1, 0.15) is 46.5 Å². The number of rotatable bonds is 5. The highest BCUT2D eigenvalue weighted by Crippen LogP contribution is 2.18. The molecule has 0 saturated carbocycles. The SMILES string of the molecule is CC(C)(C)C(=O)CCCCCBr. The molecule has 0 aliphatic rings. The van der Waals surface area contributed by atoms with Gasteiger partial charge < -0.3 is 0 Å². The summed E-state index contributed by atoms with van der Waals surface area (Å²) in [6.45, 7) is 5.96. The first-order valence-electron chi connectivity index (χ1n) is 4.57. The normalized spacial score (nSPS) is 11.7. The summed E-state index contributed by atoms with van der Waals surface area (Å²) in [6, 6.07) is 0. The van der Waals surface area contributed by atoms with Gasteiger partial charge in [-0.25, -0.2) is 0 Å². The molecule has 0 spiro atoms. The third kappa shape index (κ3) is 5.76. The lowest BCUT2D eigenvalue weighted by molar-refractivity contribution is -0.126. The summed E-state index contributed by atoms with van der Waals surface area (Å²) in [6.07, 6.45) is 4.13. The highest BCUT2D eigenvalue weighted by molar-refractivity contribution is 9.09. The van der Waals surface area contributed by atoms with Gasteiger partial charge in [0.1, 0.15) is 5.78 Å². The Hall–Kier alpha value is 0.150. The molecule has 0 N–H and O–H groups in total. The van der Waals surface area contributed by atoms with E-state index in [9.17, 15) is 4.79 Å². The number of unbranched alkanes of at least 4 members (excludes halogenated alkanes) is 2. The molecule has 0 saturated heterocycles. The van der Waals surface area contributed by atoms with Crippen molar-refractivity contribution < 1.29 is 4.79 Å². The standard InChI is InChI=1S/C10H19BrO/c1-10(2,3)9(12)7-5-4-6-8-11/h4-8H2,1-3H3. The van der Waals surface area contributed by atoms with Crippen LogP contribution in [0.2, 0.25) is 0 Å². The van der Waals surface area contributed by atoms with Crippen molar-refractivity contribution in [1.82, 2.24) is 0 Å². The largest absolute Gasteiger partial charge is 0.299 e. The zero-order valence-corrected chi connectivity index (χ0v) is 9.91. The van der Waals surface area contributed by atoms with E-state index in [2.05, 4.69) is 15.9 Å². The Labute approximate surface area is 84.1 Å². The van der Waals surface area contributed by atoms with Crippen LogP contribution in [0.15, 0.2) is 0 Å². The van der Waals surface area contributed by atoms with E-state index in [0.29, 0.717) is 5.78 Å². The fourth-order valence-electron chi connectivity index (χ4n) is 0.932. The van der Waals surface area contributed by atoms with Gasteiger partial charge in [-0.2, -0.15) is 0 Å². The minimum Gasteiger partial charge on any atom is -0.299 e. The van der Waals surface area contributed by atoms with Crippen LogP contribution >= 0.6 is 15.9 Å². The minimum atomic E-state index is -0.144. The lowest BCUT2D eigenvalue weighted by Crippen LogP contribution is -2.19. The van der Waals surface area contributed by atoms with Crippen molar-refractivity contribution in [3.05, 3.63) is 0 Å². The molecular formula is C10H19BrO. The molecule has 0 aromatic heterocycles. The van der Waals surface area contributed by atoms with Crippen molar-refractivity contribution in [1.29, 1.82) is 0 Å². The first-order valence-corrected chi connectivity index (χ1v) is 5.70. The Morgan fingerprint density at radius 3 is 2.17 bits per heavy atom. The predicted molar refractivity (Wildman–Crippen MR) is 56.7 cm³/mol. The molecule has 0 amide bonds. The Morgan fingerprint density at radius 2 is 1.75 bits per heavy atom. The zero-order chi connectivity index (χ0) is 9.61. The molecule has 0 aromatic carbocycles. The topological polar surface area (TPSA) is 17.1 Å². The maximum Gasteiger partial charge on any atom is 0.138 e. The second kappa shape index (κ2) is 5.74. The molecule has 0 radical (unpaired) electrons. The van der Waals surface area contributed by atoms with Crippen LogP contribution in [-0.4, -0.2) is 11.1 Å². The highest BCUT2D eigenvalue weighted by atomic mass is 79.9. The maximum atomic E-state index is 11.4. The predicted octanol–water partition coefficient (Wildman–Crippen LogP) is 3.56. The number of carbonyl (C=O) groups is 1. The third-order valence-corrected chi connectivity index (χ3v) is 2.43. The molecule has 0 aromatic rings. The first kappa shape index (κ1) is 12.2. The van der Waals surface area contributed by atoms with Crippen molar-refractivity contribution in [2.45, 2.75) is 46.5 Å². The molecule has 1 nitrogen and oxygen atoms in total. The molecule has 2 heteroatoms. The molecule has 0 aliphatic carbocycles. The number of alkyl halides is 1. The van der Waals surface area contributed by atoms with E-state index in [0.717, 1.165) is 24.6 Å². The van der Waals surface area contributed by atoms with Crippen LogP contribution in [0.25, 0.3) is 0 Å². The minimum absolute atomic E-state index is 0.144. The summed E-state index contributed by atoms with van der Waals surface area (Å²) in [4.78, 5) is 11.4. The van der Waals surface area contributed by atoms with Crippen molar-refractivity contribution in [3.8, 4) is 0 Å². The van der Waals surface area contributed by atoms with Crippen LogP contribution in [0.4, 0.5) is 0 Å². The summed E-state index contributed by atoms with van der Waals surface area (Å²) in [7, 11) is 0. The van der Waals surface area contributed by atoms with Crippen LogP contribution in [-0.2, 0) is 4.79 Å². The number of Topliss-reactive ketones (excluding diaryl/α,β-unsaturated/α-hetero) is 1. The van der Waals surface area contributed by atoms with Crippen LogP contribution < -0.4 is 0 Å². The average molecular weight is 235 g/mol. The van der Waals surface area contributed by atoms with Gasteiger partial charge in [0.2, 0.25) is 0 Å². The monoisotopic (exact) mass is 234 g/mol. The maximum absolute atomic E-state index is 11.4. The van der Waals surface area contributed by atoms with E-state index in [-0.39, 0.29) is 5.41 Å². The van der Waals surface area contributed by atoms with Crippen LogP contribution in [0.5, 0.6) is 0 Å². The summed E-state index contributed by atoms with van der Waals surface area (Å²) in [5.41, 5.74) is -0.144. The van der Waals surface area contributed by atoms with E-state index < -0.39 is 0 Å². The molecule has 0 aliphatic heterocycles. The molecule has 0 heterocycles. The second-order valence-electron chi connectivity index (χ2n) is 4.17. The van der Waals surface area contributed by atoms with Gasteiger partial charge in [0.15, 0.2) is 0 Å². The quantitative estimate of drug-likeness (QED) is 0.526. The van der Waals surface area contributed by atoms with Crippen molar-refractivity contribution in [3.63, 3.8) is 0 Å². The fourth-order valence-corrected chi connectivity index (χ4v) is 1.33. The molecule has 0 rings (SSSR count). The number of hydrogen-bond donors (Lipinski definition) is 0. The number of ketones is 1. The van der Waals surface area contributed by atoms with Gasteiger partial charge >= 0.3 is 0 Å². The molecule has 72 valence electrons. The van der Waals surface area contributed by atoms with Gasteiger partial charge in [0.25, 0.3) is 0 Å². The van der Waals surface area contributed by atoms with Crippen LogP contribution in [0, 0.1) is 5.41 Å². The Balaban J connectivity index is 3.45. The summed E-state index contributed by atoms with van der Waals surface area (Å²) >= 11 is 3.37. The van der Waals surface area contributed by atoms with Gasteiger partial charge in [-0.1, -0.05) is 43.1 Å². The van der Waals surface area contributed by atoms with Gasteiger partial charge in [-0.3, -0.25) is 4.79 Å². The smallest absolute Gasteiger partial charge is 0.138 e. The van der Waals surface area contributed by atoms with Gasteiger partial charge in [-0.05, 0) is 12.8 Å². The Bertz CT molecular complexity index is 135. The molecule has 0 unspecified atom stereocenters. The van der Waals surface area contributed by atoms with E-state index in [1.54, 1.807) is 0 Å². The molecule has 0 fully saturated rings. The van der Waals surface area contributed by atoms with Gasteiger partial charge in [-0.15, -0.1) is 0 Å². The highest BCUT2D eigenvalue weighted by Gasteiger charge is 2.19. The second-order valence-corrected chi connectivity index (χ2v) is 4.97. The Kier molecular flexibility index (Phi) is 5.81. The average Bonchev–Trinajstić information content (AvgIpc) is 1.96. The van der Waals surface area contributed by atoms with Crippen molar-refractivity contribution in [2.24, 2.45) is 5.41 Å².